The maximum atomic E-state index is 12.0. The maximum Gasteiger partial charge on any atom is 0.196 e. The van der Waals surface area contributed by atoms with E-state index in [0.29, 0.717) is 11.1 Å². The van der Waals surface area contributed by atoms with Crippen molar-refractivity contribution in [3.63, 3.8) is 0 Å². The lowest BCUT2D eigenvalue weighted by Gasteiger charge is -2.02. The zero-order valence-electron chi connectivity index (χ0n) is 8.74. The zero-order valence-corrected chi connectivity index (χ0v) is 8.74. The summed E-state index contributed by atoms with van der Waals surface area (Å²) >= 11 is 0. The molecule has 0 aliphatic heterocycles. The van der Waals surface area contributed by atoms with Gasteiger partial charge in [-0.2, -0.15) is 5.10 Å². The lowest BCUT2D eigenvalue weighted by Crippen LogP contribution is -2.00. The minimum atomic E-state index is 0.00977. The average Bonchev–Trinajstić information content (AvgIpc) is 2.67. The molecule has 3 nitrogen and oxygen atoms in total. The van der Waals surface area contributed by atoms with Gasteiger partial charge in [0.05, 0.1) is 11.8 Å². The van der Waals surface area contributed by atoms with Crippen molar-refractivity contribution >= 4 is 5.78 Å². The Morgan fingerprint density at radius 2 is 1.80 bits per heavy atom. The van der Waals surface area contributed by atoms with Gasteiger partial charge in [-0.15, -0.1) is 0 Å². The molecule has 0 bridgehead atoms. The van der Waals surface area contributed by atoms with Crippen molar-refractivity contribution in [2.75, 3.05) is 0 Å². The minimum Gasteiger partial charge on any atom is -0.288 e. The van der Waals surface area contributed by atoms with Crippen LogP contribution in [0.3, 0.4) is 0 Å². The van der Waals surface area contributed by atoms with E-state index in [9.17, 15) is 4.79 Å². The number of aryl methyl sites for hydroxylation is 2. The van der Waals surface area contributed by atoms with Gasteiger partial charge < -0.3 is 0 Å². The van der Waals surface area contributed by atoms with Crippen LogP contribution >= 0.6 is 0 Å². The highest BCUT2D eigenvalue weighted by Gasteiger charge is 2.10. The number of rotatable bonds is 2. The zero-order chi connectivity index (χ0) is 10.8. The monoisotopic (exact) mass is 200 g/mol. The normalized spacial score (nSPS) is 10.3. The van der Waals surface area contributed by atoms with Crippen molar-refractivity contribution in [1.29, 1.82) is 0 Å². The number of hydrogen-bond acceptors (Lipinski definition) is 2. The molecule has 0 radical (unpaired) electrons. The summed E-state index contributed by atoms with van der Waals surface area (Å²) in [6, 6.07) is 5.83. The number of ketones is 1. The first-order chi connectivity index (χ1) is 7.16. The van der Waals surface area contributed by atoms with E-state index in [1.165, 1.54) is 0 Å². The largest absolute Gasteiger partial charge is 0.288 e. The summed E-state index contributed by atoms with van der Waals surface area (Å²) in [7, 11) is 0. The number of benzene rings is 1. The van der Waals surface area contributed by atoms with E-state index in [1.807, 2.05) is 32.0 Å². The molecule has 3 heteroatoms. The number of H-pyrrole nitrogens is 1. The molecular weight excluding hydrogens is 188 g/mol. The molecule has 1 N–H and O–H groups in total. The fourth-order valence-corrected chi connectivity index (χ4v) is 1.65. The van der Waals surface area contributed by atoms with Crippen LogP contribution in [-0.2, 0) is 0 Å². The molecule has 0 aliphatic rings. The van der Waals surface area contributed by atoms with Crippen LogP contribution in [0.2, 0.25) is 0 Å². The molecule has 1 aromatic heterocycles. The lowest BCUT2D eigenvalue weighted by molar-refractivity contribution is 0.103. The lowest BCUT2D eigenvalue weighted by atomic mass is 10.0. The van der Waals surface area contributed by atoms with Gasteiger partial charge in [-0.1, -0.05) is 17.2 Å². The Morgan fingerprint density at radius 1 is 1.13 bits per heavy atom. The van der Waals surface area contributed by atoms with Gasteiger partial charge in [0.25, 0.3) is 0 Å². The predicted octanol–water partition coefficient (Wildman–Crippen LogP) is 2.26. The van der Waals surface area contributed by atoms with Crippen molar-refractivity contribution in [3.05, 3.63) is 52.8 Å². The molecule has 2 rings (SSSR count). The Kier molecular flexibility index (Phi) is 2.37. The van der Waals surface area contributed by atoms with Gasteiger partial charge in [0, 0.05) is 11.8 Å². The van der Waals surface area contributed by atoms with Gasteiger partial charge in [-0.25, -0.2) is 0 Å². The number of nitrogens with one attached hydrogen (secondary N) is 1. The summed E-state index contributed by atoms with van der Waals surface area (Å²) in [4.78, 5) is 12.0. The Bertz CT molecular complexity index is 466. The molecule has 0 spiro atoms. The van der Waals surface area contributed by atoms with Crippen LogP contribution in [0.1, 0.15) is 27.0 Å². The van der Waals surface area contributed by atoms with Crippen LogP contribution in [0.5, 0.6) is 0 Å². The van der Waals surface area contributed by atoms with Crippen LogP contribution in [0.4, 0.5) is 0 Å². The molecule has 0 atom stereocenters. The number of hydrogen-bond donors (Lipinski definition) is 1. The number of nitrogens with zero attached hydrogens (tertiary/aromatic N) is 1. The minimum absolute atomic E-state index is 0.00977. The summed E-state index contributed by atoms with van der Waals surface area (Å²) in [5, 5.41) is 6.41. The molecule has 2 aromatic rings. The third-order valence-corrected chi connectivity index (χ3v) is 2.24. The average molecular weight is 200 g/mol. The first kappa shape index (κ1) is 9.65. The summed E-state index contributed by atoms with van der Waals surface area (Å²) in [5.41, 5.74) is 3.51. The third-order valence-electron chi connectivity index (χ3n) is 2.24. The quantitative estimate of drug-likeness (QED) is 0.756. The number of aromatic amines is 1. The molecule has 0 saturated carbocycles. The fourth-order valence-electron chi connectivity index (χ4n) is 1.65. The first-order valence-corrected chi connectivity index (χ1v) is 4.78. The second-order valence-electron chi connectivity index (χ2n) is 3.69. The molecule has 15 heavy (non-hydrogen) atoms. The highest BCUT2D eigenvalue weighted by Crippen LogP contribution is 2.12. The van der Waals surface area contributed by atoms with Crippen LogP contribution < -0.4 is 0 Å². The van der Waals surface area contributed by atoms with Crippen molar-refractivity contribution in [2.24, 2.45) is 0 Å². The van der Waals surface area contributed by atoms with E-state index in [2.05, 4.69) is 10.2 Å². The van der Waals surface area contributed by atoms with E-state index in [-0.39, 0.29) is 5.78 Å². The molecular formula is C12H12N2O. The van der Waals surface area contributed by atoms with Crippen LogP contribution in [-0.4, -0.2) is 16.0 Å². The van der Waals surface area contributed by atoms with E-state index in [4.69, 9.17) is 0 Å². The van der Waals surface area contributed by atoms with Gasteiger partial charge >= 0.3 is 0 Å². The third kappa shape index (κ3) is 1.96. The summed E-state index contributed by atoms with van der Waals surface area (Å²) < 4.78 is 0. The Hall–Kier alpha value is -1.90. The van der Waals surface area contributed by atoms with E-state index < -0.39 is 0 Å². The number of aromatic nitrogens is 2. The Morgan fingerprint density at radius 3 is 2.33 bits per heavy atom. The molecule has 76 valence electrons. The fraction of sp³-hybridized carbons (Fsp3) is 0.167. The van der Waals surface area contributed by atoms with Crippen molar-refractivity contribution in [3.8, 4) is 0 Å². The molecule has 1 heterocycles. The van der Waals surface area contributed by atoms with Gasteiger partial charge in [0.1, 0.15) is 0 Å². The summed E-state index contributed by atoms with van der Waals surface area (Å²) in [6.45, 7) is 3.97. The second kappa shape index (κ2) is 3.69. The topological polar surface area (TPSA) is 45.8 Å². The Balaban J connectivity index is 2.42. The van der Waals surface area contributed by atoms with E-state index in [0.717, 1.165) is 11.1 Å². The number of carbonyl (C=O) groups excluding carboxylic acids is 1. The molecule has 1 aromatic carbocycles. The van der Waals surface area contributed by atoms with E-state index >= 15 is 0 Å². The van der Waals surface area contributed by atoms with Crippen molar-refractivity contribution in [1.82, 2.24) is 10.2 Å². The summed E-state index contributed by atoms with van der Waals surface area (Å²) in [5.74, 6) is 0.00977. The van der Waals surface area contributed by atoms with Crippen molar-refractivity contribution in [2.45, 2.75) is 13.8 Å². The van der Waals surface area contributed by atoms with Gasteiger partial charge in [0.15, 0.2) is 5.78 Å². The maximum absolute atomic E-state index is 12.0. The molecule has 0 unspecified atom stereocenters. The highest BCUT2D eigenvalue weighted by molar-refractivity contribution is 6.08. The van der Waals surface area contributed by atoms with Gasteiger partial charge in [-0.3, -0.25) is 9.89 Å². The molecule has 0 aliphatic carbocycles. The second-order valence-corrected chi connectivity index (χ2v) is 3.69. The molecule has 0 saturated heterocycles. The van der Waals surface area contributed by atoms with Crippen molar-refractivity contribution < 1.29 is 4.79 Å². The number of carbonyl (C=O) groups is 1. The molecule has 0 fully saturated rings. The standard InChI is InChI=1S/C12H12N2O/c1-8-3-9(2)5-10(4-8)12(15)11-6-13-14-7-11/h3-7H,1-2H3,(H,13,14). The van der Waals surface area contributed by atoms with Crippen LogP contribution in [0.15, 0.2) is 30.6 Å². The van der Waals surface area contributed by atoms with Gasteiger partial charge in [-0.05, 0) is 26.0 Å². The highest BCUT2D eigenvalue weighted by atomic mass is 16.1. The van der Waals surface area contributed by atoms with Gasteiger partial charge in [0.2, 0.25) is 0 Å². The van der Waals surface area contributed by atoms with Crippen LogP contribution in [0.25, 0.3) is 0 Å². The Labute approximate surface area is 88.1 Å². The summed E-state index contributed by atoms with van der Waals surface area (Å²) in [6.07, 6.45) is 3.15. The predicted molar refractivity (Wildman–Crippen MR) is 57.9 cm³/mol. The SMILES string of the molecule is Cc1cc(C)cc(C(=O)c2cn[nH]c2)c1. The van der Waals surface area contributed by atoms with E-state index in [1.54, 1.807) is 12.4 Å². The smallest absolute Gasteiger partial charge is 0.196 e. The van der Waals surface area contributed by atoms with Crippen LogP contribution in [0, 0.1) is 13.8 Å². The first-order valence-electron chi connectivity index (χ1n) is 4.78. The molecule has 0 amide bonds.